The van der Waals surface area contributed by atoms with Crippen LogP contribution in [0.2, 0.25) is 0 Å². The summed E-state index contributed by atoms with van der Waals surface area (Å²) < 4.78 is 5.55. The molecule has 178 valence electrons. The van der Waals surface area contributed by atoms with Gasteiger partial charge in [-0.25, -0.2) is 0 Å². The second-order valence-corrected chi connectivity index (χ2v) is 10.2. The Morgan fingerprint density at radius 3 is 2.65 bits per heavy atom. The summed E-state index contributed by atoms with van der Waals surface area (Å²) in [6.45, 7) is 0.625. The Kier molecular flexibility index (Phi) is 5.97. The highest BCUT2D eigenvalue weighted by Gasteiger charge is 2.56. The van der Waals surface area contributed by atoms with Gasteiger partial charge in [-0.1, -0.05) is 37.5 Å². The number of fused-ring (bicyclic) bond motifs is 4. The number of methoxy groups -OCH3 is 1. The molecule has 0 radical (unpaired) electrons. The van der Waals surface area contributed by atoms with Gasteiger partial charge in [-0.15, -0.1) is 0 Å². The van der Waals surface area contributed by atoms with Crippen LogP contribution in [-0.2, 0) is 4.79 Å². The number of anilines is 1. The van der Waals surface area contributed by atoms with E-state index in [1.165, 1.54) is 54.4 Å². The Morgan fingerprint density at radius 1 is 1.15 bits per heavy atom. The van der Waals surface area contributed by atoms with Crippen molar-refractivity contribution in [1.29, 1.82) is 0 Å². The van der Waals surface area contributed by atoms with Crippen molar-refractivity contribution in [1.82, 2.24) is 5.32 Å². The number of ether oxygens (including phenoxy) is 1. The molecule has 0 spiro atoms. The predicted octanol–water partition coefficient (Wildman–Crippen LogP) is 5.30. The molecule has 0 saturated heterocycles. The van der Waals surface area contributed by atoms with Crippen LogP contribution in [0.25, 0.3) is 11.6 Å². The molecule has 2 aromatic carbocycles. The van der Waals surface area contributed by atoms with Gasteiger partial charge in [0.1, 0.15) is 12.0 Å². The summed E-state index contributed by atoms with van der Waals surface area (Å²) in [5.41, 5.74) is 6.15. The van der Waals surface area contributed by atoms with Crippen LogP contribution in [0.5, 0.6) is 5.75 Å². The third-order valence-electron chi connectivity index (χ3n) is 8.12. The summed E-state index contributed by atoms with van der Waals surface area (Å²) in [7, 11) is 5.41. The van der Waals surface area contributed by atoms with Crippen molar-refractivity contribution in [2.45, 2.75) is 44.4 Å². The molecule has 1 heterocycles. The zero-order chi connectivity index (χ0) is 23.9. The van der Waals surface area contributed by atoms with Crippen LogP contribution in [0.15, 0.2) is 36.4 Å². The molecule has 1 aliphatic heterocycles. The molecule has 0 bridgehead atoms. The van der Waals surface area contributed by atoms with E-state index in [2.05, 4.69) is 41.5 Å². The maximum absolute atomic E-state index is 12.5. The molecule has 2 unspecified atom stereocenters. The average molecular weight is 459 g/mol. The molecule has 1 N–H and O–H groups in total. The zero-order valence-corrected chi connectivity index (χ0v) is 20.4. The van der Waals surface area contributed by atoms with Gasteiger partial charge in [-0.2, -0.15) is 0 Å². The molecular formula is C29H34N2O3. The standard InChI is InChI=1S/C29H34N2O3/c1-30-28(33)21-10-12-23-24(19-7-5-4-6-8-19)13-20-9-11-22(34-3)15-25(20)26-16-29(26,18-32)17-31(2)27(23)14-21/h9-15,18-19,26H,4-8,16-17H2,1-3H3,(H,30,33)/b24-13+. The van der Waals surface area contributed by atoms with Gasteiger partial charge in [0.2, 0.25) is 0 Å². The molecule has 0 aromatic heterocycles. The highest BCUT2D eigenvalue weighted by atomic mass is 16.5. The van der Waals surface area contributed by atoms with Gasteiger partial charge in [0.15, 0.2) is 0 Å². The molecule has 3 aliphatic rings. The first-order chi connectivity index (χ1) is 16.5. The highest BCUT2D eigenvalue weighted by molar-refractivity contribution is 5.97. The van der Waals surface area contributed by atoms with Crippen LogP contribution in [-0.4, -0.2) is 39.9 Å². The van der Waals surface area contributed by atoms with Crippen LogP contribution in [0.1, 0.15) is 71.5 Å². The van der Waals surface area contributed by atoms with Gasteiger partial charge < -0.3 is 19.7 Å². The van der Waals surface area contributed by atoms with Crippen molar-refractivity contribution >= 4 is 29.5 Å². The minimum Gasteiger partial charge on any atom is -0.497 e. The Morgan fingerprint density at radius 2 is 1.94 bits per heavy atom. The molecule has 5 rings (SSSR count). The normalized spacial score (nSPS) is 25.7. The van der Waals surface area contributed by atoms with Crippen molar-refractivity contribution < 1.29 is 14.3 Å². The second kappa shape index (κ2) is 8.94. The number of allylic oxidation sites excluding steroid dienone is 1. The Hall–Kier alpha value is -3.08. The van der Waals surface area contributed by atoms with E-state index in [9.17, 15) is 9.59 Å². The van der Waals surface area contributed by atoms with E-state index in [4.69, 9.17) is 4.74 Å². The quantitative estimate of drug-likeness (QED) is 0.632. The summed E-state index contributed by atoms with van der Waals surface area (Å²) in [5, 5.41) is 2.75. The summed E-state index contributed by atoms with van der Waals surface area (Å²) in [6, 6.07) is 12.3. The third kappa shape index (κ3) is 3.91. The molecule has 2 aliphatic carbocycles. The number of carbonyl (C=O) groups is 2. The fourth-order valence-corrected chi connectivity index (χ4v) is 6.10. The van der Waals surface area contributed by atoms with Gasteiger partial charge in [0.05, 0.1) is 12.5 Å². The summed E-state index contributed by atoms with van der Waals surface area (Å²) in [5.74, 6) is 1.39. The summed E-state index contributed by atoms with van der Waals surface area (Å²) >= 11 is 0. The Bertz CT molecular complexity index is 1150. The van der Waals surface area contributed by atoms with E-state index in [0.29, 0.717) is 18.0 Å². The molecule has 5 heteroatoms. The molecule has 2 fully saturated rings. The number of carbonyl (C=O) groups excluding carboxylic acids is 2. The topological polar surface area (TPSA) is 58.6 Å². The van der Waals surface area contributed by atoms with Gasteiger partial charge >= 0.3 is 0 Å². The predicted molar refractivity (Wildman–Crippen MR) is 136 cm³/mol. The zero-order valence-electron chi connectivity index (χ0n) is 20.4. The summed E-state index contributed by atoms with van der Waals surface area (Å²) in [4.78, 5) is 27.1. The van der Waals surface area contributed by atoms with E-state index >= 15 is 0 Å². The number of aldehydes is 1. The lowest BCUT2D eigenvalue weighted by Crippen LogP contribution is -2.30. The number of hydrogen-bond donors (Lipinski definition) is 1. The van der Waals surface area contributed by atoms with Crippen molar-refractivity contribution in [2.75, 3.05) is 32.6 Å². The SMILES string of the molecule is CNC(=O)c1ccc2c(c1)N(C)CC1(C=O)CC1c1cc(OC)ccc1/C=C/2C1CCCCC1. The molecular weight excluding hydrogens is 424 g/mol. The largest absolute Gasteiger partial charge is 0.497 e. The Balaban J connectivity index is 1.74. The van der Waals surface area contributed by atoms with Crippen LogP contribution in [0, 0.1) is 11.3 Å². The lowest BCUT2D eigenvalue weighted by atomic mass is 9.78. The van der Waals surface area contributed by atoms with Crippen molar-refractivity contribution in [3.8, 4) is 5.75 Å². The maximum atomic E-state index is 12.5. The third-order valence-corrected chi connectivity index (χ3v) is 8.12. The molecule has 5 nitrogen and oxygen atoms in total. The first kappa shape index (κ1) is 22.7. The average Bonchev–Trinajstić information content (AvgIpc) is 3.60. The molecule has 34 heavy (non-hydrogen) atoms. The molecule has 1 amide bonds. The van der Waals surface area contributed by atoms with Crippen molar-refractivity contribution in [3.63, 3.8) is 0 Å². The number of hydrogen-bond acceptors (Lipinski definition) is 4. The summed E-state index contributed by atoms with van der Waals surface area (Å²) in [6.07, 6.45) is 10.5. The number of nitrogens with one attached hydrogen (secondary N) is 1. The lowest BCUT2D eigenvalue weighted by Gasteiger charge is -2.32. The maximum Gasteiger partial charge on any atom is 0.251 e. The number of benzene rings is 2. The van der Waals surface area contributed by atoms with E-state index in [-0.39, 0.29) is 11.8 Å². The van der Waals surface area contributed by atoms with Crippen LogP contribution >= 0.6 is 0 Å². The lowest BCUT2D eigenvalue weighted by molar-refractivity contribution is -0.112. The highest BCUT2D eigenvalue weighted by Crippen LogP contribution is 2.60. The molecule has 2 aromatic rings. The van der Waals surface area contributed by atoms with Gasteiger partial charge in [-0.3, -0.25) is 4.79 Å². The number of nitrogens with zero attached hydrogens (tertiary/aromatic N) is 1. The van der Waals surface area contributed by atoms with E-state index in [0.717, 1.165) is 24.1 Å². The first-order valence-corrected chi connectivity index (χ1v) is 12.4. The van der Waals surface area contributed by atoms with Gasteiger partial charge in [0.25, 0.3) is 5.91 Å². The fourth-order valence-electron chi connectivity index (χ4n) is 6.10. The minimum atomic E-state index is -0.424. The number of rotatable bonds is 4. The number of amides is 1. The van der Waals surface area contributed by atoms with Crippen molar-refractivity contribution in [3.05, 3.63) is 58.7 Å². The van der Waals surface area contributed by atoms with Crippen molar-refractivity contribution in [2.24, 2.45) is 11.3 Å². The smallest absolute Gasteiger partial charge is 0.251 e. The van der Waals surface area contributed by atoms with Crippen LogP contribution in [0.3, 0.4) is 0 Å². The second-order valence-electron chi connectivity index (χ2n) is 10.2. The fraction of sp³-hybridized carbons (Fsp3) is 0.448. The molecule has 2 atom stereocenters. The minimum absolute atomic E-state index is 0.0941. The van der Waals surface area contributed by atoms with Gasteiger partial charge in [-0.05, 0) is 72.1 Å². The van der Waals surface area contributed by atoms with E-state index in [1.54, 1.807) is 14.2 Å². The van der Waals surface area contributed by atoms with Gasteiger partial charge in [0, 0.05) is 37.5 Å². The van der Waals surface area contributed by atoms with Crippen LogP contribution < -0.4 is 15.0 Å². The van der Waals surface area contributed by atoms with Crippen LogP contribution in [0.4, 0.5) is 5.69 Å². The first-order valence-electron chi connectivity index (χ1n) is 12.4. The monoisotopic (exact) mass is 458 g/mol. The molecule has 2 saturated carbocycles. The van der Waals surface area contributed by atoms with E-state index in [1.807, 2.05) is 18.2 Å². The van der Waals surface area contributed by atoms with E-state index < -0.39 is 5.41 Å². The Labute approximate surface area is 202 Å².